The molecule has 7 heteroatoms. The van der Waals surface area contributed by atoms with Crippen LogP contribution in [0.2, 0.25) is 0 Å². The van der Waals surface area contributed by atoms with Gasteiger partial charge in [-0.2, -0.15) is 0 Å². The van der Waals surface area contributed by atoms with Gasteiger partial charge in [-0.1, -0.05) is 42.3 Å². The first-order valence-corrected chi connectivity index (χ1v) is 9.18. The molecule has 0 radical (unpaired) electrons. The van der Waals surface area contributed by atoms with Gasteiger partial charge in [0.1, 0.15) is 17.8 Å². The van der Waals surface area contributed by atoms with Crippen molar-refractivity contribution < 1.29 is 4.92 Å². The average Bonchev–Trinajstić information content (AvgIpc) is 2.78. The number of rotatable bonds is 6. The first-order chi connectivity index (χ1) is 14.6. The molecule has 30 heavy (non-hydrogen) atoms. The quantitative estimate of drug-likeness (QED) is 0.275. The summed E-state index contributed by atoms with van der Waals surface area (Å²) >= 11 is 0. The monoisotopic (exact) mass is 395 g/mol. The molecule has 4 rings (SSSR count). The fraction of sp³-hybridized carbons (Fsp3) is 0.0435. The van der Waals surface area contributed by atoms with Crippen LogP contribution in [0.4, 0.5) is 22.9 Å². The Bertz CT molecular complexity index is 1270. The van der Waals surface area contributed by atoms with Crippen LogP contribution < -0.4 is 10.6 Å². The van der Waals surface area contributed by atoms with Crippen LogP contribution in [0.5, 0.6) is 0 Å². The highest BCUT2D eigenvalue weighted by atomic mass is 16.6. The number of nitrogens with zero attached hydrogens (tertiary/aromatic N) is 3. The van der Waals surface area contributed by atoms with Gasteiger partial charge in [0.05, 0.1) is 10.4 Å². The molecule has 0 amide bonds. The van der Waals surface area contributed by atoms with Gasteiger partial charge in [0, 0.05) is 29.2 Å². The molecule has 1 heterocycles. The van der Waals surface area contributed by atoms with E-state index in [9.17, 15) is 10.1 Å². The van der Waals surface area contributed by atoms with Crippen molar-refractivity contribution in [1.29, 1.82) is 0 Å². The minimum atomic E-state index is -0.414. The zero-order chi connectivity index (χ0) is 20.9. The molecule has 0 atom stereocenters. The summed E-state index contributed by atoms with van der Waals surface area (Å²) in [5.41, 5.74) is 3.41. The normalized spacial score (nSPS) is 10.4. The Morgan fingerprint density at radius 2 is 1.87 bits per heavy atom. The molecule has 0 spiro atoms. The number of hydrogen-bond donors (Lipinski definition) is 2. The summed E-state index contributed by atoms with van der Waals surface area (Å²) in [7, 11) is 0. The number of anilines is 3. The Morgan fingerprint density at radius 1 is 1.03 bits per heavy atom. The SMILES string of the molecule is C#Cc1cccc(Nc2ncnc3cc(NCc4ccccc4)c([N+](=O)[O-])cc23)c1. The predicted octanol–water partition coefficient (Wildman–Crippen LogP) is 4.88. The highest BCUT2D eigenvalue weighted by molar-refractivity contribution is 5.95. The van der Waals surface area contributed by atoms with Gasteiger partial charge in [-0.15, -0.1) is 6.42 Å². The van der Waals surface area contributed by atoms with E-state index >= 15 is 0 Å². The summed E-state index contributed by atoms with van der Waals surface area (Å²) in [4.78, 5) is 19.8. The van der Waals surface area contributed by atoms with E-state index in [1.165, 1.54) is 12.4 Å². The number of nitro groups is 1. The fourth-order valence-electron chi connectivity index (χ4n) is 3.10. The largest absolute Gasteiger partial charge is 0.375 e. The average molecular weight is 395 g/mol. The third-order valence-corrected chi connectivity index (χ3v) is 4.57. The summed E-state index contributed by atoms with van der Waals surface area (Å²) in [6.07, 6.45) is 6.88. The molecule has 146 valence electrons. The van der Waals surface area contributed by atoms with Gasteiger partial charge in [0.15, 0.2) is 0 Å². The second-order valence-corrected chi connectivity index (χ2v) is 6.56. The first-order valence-electron chi connectivity index (χ1n) is 9.18. The maximum Gasteiger partial charge on any atom is 0.293 e. The Kier molecular flexibility index (Phi) is 5.22. The third-order valence-electron chi connectivity index (χ3n) is 4.57. The second-order valence-electron chi connectivity index (χ2n) is 6.56. The van der Waals surface area contributed by atoms with Gasteiger partial charge >= 0.3 is 0 Å². The predicted molar refractivity (Wildman–Crippen MR) is 118 cm³/mol. The maximum absolute atomic E-state index is 11.7. The Morgan fingerprint density at radius 3 is 2.63 bits per heavy atom. The smallest absolute Gasteiger partial charge is 0.293 e. The number of nitrogens with one attached hydrogen (secondary N) is 2. The van der Waals surface area contributed by atoms with Gasteiger partial charge in [-0.05, 0) is 29.8 Å². The van der Waals surface area contributed by atoms with E-state index in [0.717, 1.165) is 16.8 Å². The molecule has 0 unspecified atom stereocenters. The third kappa shape index (κ3) is 4.03. The molecule has 0 aliphatic rings. The highest BCUT2D eigenvalue weighted by Gasteiger charge is 2.18. The Balaban J connectivity index is 1.71. The molecular formula is C23H17N5O2. The fourth-order valence-corrected chi connectivity index (χ4v) is 3.10. The van der Waals surface area contributed by atoms with Gasteiger partial charge in [0.25, 0.3) is 5.69 Å². The number of fused-ring (bicyclic) bond motifs is 1. The zero-order valence-corrected chi connectivity index (χ0v) is 15.9. The summed E-state index contributed by atoms with van der Waals surface area (Å²) in [5.74, 6) is 3.04. The second kappa shape index (κ2) is 8.29. The van der Waals surface area contributed by atoms with E-state index in [2.05, 4.69) is 26.5 Å². The molecule has 1 aromatic heterocycles. The minimum Gasteiger partial charge on any atom is -0.375 e. The van der Waals surface area contributed by atoms with Gasteiger partial charge in [-0.25, -0.2) is 9.97 Å². The number of hydrogen-bond acceptors (Lipinski definition) is 6. The molecule has 0 bridgehead atoms. The van der Waals surface area contributed by atoms with Crippen molar-refractivity contribution in [2.75, 3.05) is 10.6 Å². The number of terminal acetylenes is 1. The highest BCUT2D eigenvalue weighted by Crippen LogP contribution is 2.33. The lowest BCUT2D eigenvalue weighted by atomic mass is 10.1. The van der Waals surface area contributed by atoms with Crippen molar-refractivity contribution in [3.63, 3.8) is 0 Å². The van der Waals surface area contributed by atoms with Crippen molar-refractivity contribution in [1.82, 2.24) is 9.97 Å². The van der Waals surface area contributed by atoms with Crippen LogP contribution in [0.1, 0.15) is 11.1 Å². The van der Waals surface area contributed by atoms with Crippen molar-refractivity contribution in [2.24, 2.45) is 0 Å². The lowest BCUT2D eigenvalue weighted by molar-refractivity contribution is -0.383. The summed E-state index contributed by atoms with van der Waals surface area (Å²) in [6, 6.07) is 20.1. The van der Waals surface area contributed by atoms with E-state index in [1.807, 2.05) is 48.5 Å². The standard InChI is InChI=1S/C23H17N5O2/c1-2-16-9-6-10-18(11-16)27-23-19-12-22(28(29)30)21(13-20(19)25-15-26-23)24-14-17-7-4-3-5-8-17/h1,3-13,15,24H,14H2,(H,25,26,27). The van der Waals surface area contributed by atoms with Crippen LogP contribution in [0, 0.1) is 22.5 Å². The summed E-state index contributed by atoms with van der Waals surface area (Å²) < 4.78 is 0. The first kappa shape index (κ1) is 18.9. The van der Waals surface area contributed by atoms with Crippen LogP contribution >= 0.6 is 0 Å². The Hall–Kier alpha value is -4.44. The molecule has 0 saturated heterocycles. The van der Waals surface area contributed by atoms with Crippen molar-refractivity contribution in [3.8, 4) is 12.3 Å². The van der Waals surface area contributed by atoms with Gasteiger partial charge in [0.2, 0.25) is 0 Å². The molecule has 0 aliphatic carbocycles. The van der Waals surface area contributed by atoms with E-state index < -0.39 is 4.92 Å². The summed E-state index contributed by atoms with van der Waals surface area (Å²) in [6.45, 7) is 0.461. The van der Waals surface area contributed by atoms with Crippen LogP contribution in [-0.2, 0) is 6.54 Å². The zero-order valence-electron chi connectivity index (χ0n) is 15.9. The molecule has 4 aromatic rings. The van der Waals surface area contributed by atoms with Crippen molar-refractivity contribution in [2.45, 2.75) is 6.54 Å². The molecule has 0 fully saturated rings. The van der Waals surface area contributed by atoms with Crippen molar-refractivity contribution in [3.05, 3.63) is 94.3 Å². The molecule has 3 aromatic carbocycles. The van der Waals surface area contributed by atoms with Gasteiger partial charge < -0.3 is 10.6 Å². The molecule has 7 nitrogen and oxygen atoms in total. The van der Waals surface area contributed by atoms with Crippen molar-refractivity contribution >= 4 is 33.8 Å². The van der Waals surface area contributed by atoms with E-state index in [1.54, 1.807) is 12.1 Å². The number of benzene rings is 3. The topological polar surface area (TPSA) is 93.0 Å². The maximum atomic E-state index is 11.7. The van der Waals surface area contributed by atoms with E-state index in [4.69, 9.17) is 6.42 Å². The Labute approximate surface area is 173 Å². The minimum absolute atomic E-state index is 0.0475. The van der Waals surface area contributed by atoms with E-state index in [-0.39, 0.29) is 5.69 Å². The van der Waals surface area contributed by atoms with Gasteiger partial charge in [-0.3, -0.25) is 10.1 Å². The molecule has 2 N–H and O–H groups in total. The van der Waals surface area contributed by atoms with Crippen LogP contribution in [0.3, 0.4) is 0 Å². The van der Waals surface area contributed by atoms with Crippen LogP contribution in [0.15, 0.2) is 73.1 Å². The lowest BCUT2D eigenvalue weighted by Crippen LogP contribution is -2.04. The summed E-state index contributed by atoms with van der Waals surface area (Å²) in [5, 5.41) is 18.6. The molecule has 0 saturated carbocycles. The molecular weight excluding hydrogens is 378 g/mol. The van der Waals surface area contributed by atoms with E-state index in [0.29, 0.717) is 29.0 Å². The van der Waals surface area contributed by atoms with Crippen LogP contribution in [-0.4, -0.2) is 14.9 Å². The number of aromatic nitrogens is 2. The van der Waals surface area contributed by atoms with Crippen LogP contribution in [0.25, 0.3) is 10.9 Å². The number of nitro benzene ring substituents is 1. The molecule has 0 aliphatic heterocycles. The lowest BCUT2D eigenvalue weighted by Gasteiger charge is -2.11.